The van der Waals surface area contributed by atoms with Gasteiger partial charge in [0, 0.05) is 5.56 Å². The van der Waals surface area contributed by atoms with E-state index < -0.39 is 12.0 Å². The first-order valence-electron chi connectivity index (χ1n) is 14.3. The number of methoxy groups -OCH3 is 2. The first-order valence-corrected chi connectivity index (χ1v) is 15.2. The number of benzene rings is 3. The van der Waals surface area contributed by atoms with Crippen molar-refractivity contribution in [2.75, 3.05) is 27.4 Å². The van der Waals surface area contributed by atoms with E-state index in [0.29, 0.717) is 55.8 Å². The zero-order valence-electron chi connectivity index (χ0n) is 25.6. The quantitative estimate of drug-likeness (QED) is 0.216. The van der Waals surface area contributed by atoms with Gasteiger partial charge in [0.25, 0.3) is 5.56 Å². The van der Waals surface area contributed by atoms with Crippen molar-refractivity contribution in [3.8, 4) is 23.0 Å². The maximum Gasteiger partial charge on any atom is 0.338 e. The van der Waals surface area contributed by atoms with E-state index in [2.05, 4.69) is 4.99 Å². The van der Waals surface area contributed by atoms with Crippen LogP contribution in [-0.4, -0.2) is 38.0 Å². The van der Waals surface area contributed by atoms with E-state index in [9.17, 15) is 14.0 Å². The van der Waals surface area contributed by atoms with Crippen LogP contribution in [0.3, 0.4) is 0 Å². The van der Waals surface area contributed by atoms with Crippen LogP contribution in [0.2, 0.25) is 0 Å². The molecule has 0 saturated carbocycles. The van der Waals surface area contributed by atoms with Crippen LogP contribution in [0, 0.1) is 5.82 Å². The second kappa shape index (κ2) is 13.8. The molecule has 3 aromatic carbocycles. The van der Waals surface area contributed by atoms with Gasteiger partial charge in [-0.2, -0.15) is 0 Å². The van der Waals surface area contributed by atoms with Crippen LogP contribution in [0.1, 0.15) is 43.5 Å². The van der Waals surface area contributed by atoms with Gasteiger partial charge in [0.1, 0.15) is 18.5 Å². The molecular weight excluding hydrogens is 599 g/mol. The van der Waals surface area contributed by atoms with Gasteiger partial charge >= 0.3 is 5.97 Å². The summed E-state index contributed by atoms with van der Waals surface area (Å²) in [4.78, 5) is 32.5. The van der Waals surface area contributed by atoms with Gasteiger partial charge in [-0.25, -0.2) is 14.2 Å². The Morgan fingerprint density at radius 3 is 2.42 bits per heavy atom. The lowest BCUT2D eigenvalue weighted by Crippen LogP contribution is -2.40. The van der Waals surface area contributed by atoms with Crippen molar-refractivity contribution in [1.82, 2.24) is 4.57 Å². The topological polar surface area (TPSA) is 97.6 Å². The normalized spacial score (nSPS) is 14.4. The third-order valence-corrected chi connectivity index (χ3v) is 8.11. The lowest BCUT2D eigenvalue weighted by Gasteiger charge is -2.26. The first-order chi connectivity index (χ1) is 21.8. The van der Waals surface area contributed by atoms with Gasteiger partial charge in [0.15, 0.2) is 27.8 Å². The molecule has 0 fully saturated rings. The van der Waals surface area contributed by atoms with E-state index in [1.54, 1.807) is 56.3 Å². The molecule has 0 N–H and O–H groups in total. The highest BCUT2D eigenvalue weighted by Gasteiger charge is 2.36. The van der Waals surface area contributed by atoms with E-state index in [4.69, 9.17) is 23.7 Å². The number of hydrogen-bond donors (Lipinski definition) is 0. The van der Waals surface area contributed by atoms with Crippen LogP contribution in [0.25, 0.3) is 6.08 Å². The van der Waals surface area contributed by atoms with Crippen LogP contribution in [0.5, 0.6) is 23.0 Å². The van der Waals surface area contributed by atoms with Crippen LogP contribution in [0.15, 0.2) is 81.7 Å². The fourth-order valence-corrected chi connectivity index (χ4v) is 6.13. The number of carbonyl (C=O) groups is 1. The summed E-state index contributed by atoms with van der Waals surface area (Å²) < 4.78 is 43.6. The third-order valence-electron chi connectivity index (χ3n) is 7.12. The Labute approximate surface area is 263 Å². The van der Waals surface area contributed by atoms with Crippen molar-refractivity contribution in [3.63, 3.8) is 0 Å². The fraction of sp³-hybridized carbons (Fsp3) is 0.265. The zero-order chi connectivity index (χ0) is 32.1. The van der Waals surface area contributed by atoms with Crippen molar-refractivity contribution in [3.05, 3.63) is 114 Å². The molecule has 1 aromatic heterocycles. The smallest absolute Gasteiger partial charge is 0.338 e. The number of thiazole rings is 1. The largest absolute Gasteiger partial charge is 0.493 e. The van der Waals surface area contributed by atoms with E-state index in [1.165, 1.54) is 42.3 Å². The molecule has 0 spiro atoms. The van der Waals surface area contributed by atoms with Crippen LogP contribution in [-0.2, 0) is 16.1 Å². The Balaban J connectivity index is 1.59. The molecular formula is C34H33FN2O7S. The standard InChI is InChI=1S/C34H33FN2O7S/c1-6-42-31-24(9-8-10-26(31)40-4)30-29(33(39)43-7-2)20(3)36-34-37(30)32(38)28(45-34)18-22-13-16-25(27(17-22)41-5)44-19-21-11-14-23(35)15-12-21/h8-18,30H,6-7,19H2,1-5H3/b28-18+/t30-/m1/s1. The molecule has 5 rings (SSSR count). The maximum atomic E-state index is 14.1. The molecule has 1 aliphatic heterocycles. The minimum atomic E-state index is -0.865. The molecule has 9 nitrogen and oxygen atoms in total. The van der Waals surface area contributed by atoms with Crippen LogP contribution < -0.4 is 33.8 Å². The van der Waals surface area contributed by atoms with Crippen molar-refractivity contribution >= 4 is 23.4 Å². The molecule has 0 amide bonds. The predicted octanol–water partition coefficient (Wildman–Crippen LogP) is 4.93. The van der Waals surface area contributed by atoms with Crippen molar-refractivity contribution in [1.29, 1.82) is 0 Å². The van der Waals surface area contributed by atoms with Gasteiger partial charge in [0.2, 0.25) is 0 Å². The predicted molar refractivity (Wildman–Crippen MR) is 168 cm³/mol. The lowest BCUT2D eigenvalue weighted by molar-refractivity contribution is -0.139. The summed E-state index contributed by atoms with van der Waals surface area (Å²) in [5.74, 6) is 0.987. The summed E-state index contributed by atoms with van der Waals surface area (Å²) in [5, 5.41) is 0. The Hall–Kier alpha value is -4.90. The van der Waals surface area contributed by atoms with Gasteiger partial charge in [-0.3, -0.25) is 9.36 Å². The van der Waals surface area contributed by atoms with Gasteiger partial charge in [-0.15, -0.1) is 0 Å². The second-order valence-electron chi connectivity index (χ2n) is 9.94. The minimum absolute atomic E-state index is 0.161. The number of aromatic nitrogens is 1. The van der Waals surface area contributed by atoms with Gasteiger partial charge in [-0.05, 0) is 68.3 Å². The van der Waals surface area contributed by atoms with Crippen molar-refractivity contribution in [2.24, 2.45) is 4.99 Å². The van der Waals surface area contributed by atoms with E-state index in [-0.39, 0.29) is 30.2 Å². The average Bonchev–Trinajstić information content (AvgIpc) is 3.34. The highest BCUT2D eigenvalue weighted by atomic mass is 32.1. The minimum Gasteiger partial charge on any atom is -0.493 e. The Morgan fingerprint density at radius 2 is 1.73 bits per heavy atom. The molecule has 1 aliphatic rings. The number of esters is 1. The van der Waals surface area contributed by atoms with Gasteiger partial charge in [-0.1, -0.05) is 41.7 Å². The van der Waals surface area contributed by atoms with Crippen LogP contribution >= 0.6 is 11.3 Å². The fourth-order valence-electron chi connectivity index (χ4n) is 5.08. The van der Waals surface area contributed by atoms with Gasteiger partial charge in [0.05, 0.1) is 43.2 Å². The molecule has 4 aromatic rings. The van der Waals surface area contributed by atoms with E-state index in [0.717, 1.165) is 5.56 Å². The number of fused-ring (bicyclic) bond motifs is 1. The number of nitrogens with zero attached hydrogens (tertiary/aromatic N) is 2. The molecule has 234 valence electrons. The lowest BCUT2D eigenvalue weighted by atomic mass is 9.94. The Kier molecular flexibility index (Phi) is 9.68. The first kappa shape index (κ1) is 31.5. The van der Waals surface area contributed by atoms with Crippen molar-refractivity contribution < 1.29 is 32.9 Å². The highest BCUT2D eigenvalue weighted by Crippen LogP contribution is 2.40. The Morgan fingerprint density at radius 1 is 0.978 bits per heavy atom. The van der Waals surface area contributed by atoms with E-state index in [1.807, 2.05) is 19.1 Å². The zero-order valence-corrected chi connectivity index (χ0v) is 26.4. The summed E-state index contributed by atoms with van der Waals surface area (Å²) in [7, 11) is 3.06. The average molecular weight is 633 g/mol. The van der Waals surface area contributed by atoms with Crippen molar-refractivity contribution in [2.45, 2.75) is 33.4 Å². The molecule has 0 saturated heterocycles. The molecule has 0 aliphatic carbocycles. The molecule has 1 atom stereocenters. The summed E-state index contributed by atoms with van der Waals surface area (Å²) in [6, 6.07) is 15.9. The maximum absolute atomic E-state index is 14.1. The molecule has 2 heterocycles. The number of rotatable bonds is 11. The molecule has 11 heteroatoms. The SMILES string of the molecule is CCOC(=O)C1=C(C)N=c2s/c(=C/c3ccc(OCc4ccc(F)cc4)c(OC)c3)c(=O)n2[C@@H]1c1cccc(OC)c1OCC. The van der Waals surface area contributed by atoms with Crippen LogP contribution in [0.4, 0.5) is 4.39 Å². The number of halogens is 1. The number of ether oxygens (including phenoxy) is 5. The summed E-state index contributed by atoms with van der Waals surface area (Å²) >= 11 is 1.21. The van der Waals surface area contributed by atoms with E-state index >= 15 is 0 Å². The number of carbonyl (C=O) groups excluding carboxylic acids is 1. The Bertz CT molecular complexity index is 1930. The molecule has 0 radical (unpaired) electrons. The van der Waals surface area contributed by atoms with Gasteiger partial charge < -0.3 is 23.7 Å². The summed E-state index contributed by atoms with van der Waals surface area (Å²) in [6.45, 7) is 6.04. The number of hydrogen-bond acceptors (Lipinski definition) is 9. The third kappa shape index (κ3) is 6.48. The molecule has 0 unspecified atom stereocenters. The molecule has 45 heavy (non-hydrogen) atoms. The summed E-state index contributed by atoms with van der Waals surface area (Å²) in [6.07, 6.45) is 1.74. The second-order valence-corrected chi connectivity index (χ2v) is 10.9. The summed E-state index contributed by atoms with van der Waals surface area (Å²) in [5.41, 5.74) is 2.43. The number of para-hydroxylation sites is 1. The molecule has 0 bridgehead atoms. The highest BCUT2D eigenvalue weighted by molar-refractivity contribution is 7.07. The monoisotopic (exact) mass is 632 g/mol. The number of allylic oxidation sites excluding steroid dienone is 1.